The van der Waals surface area contributed by atoms with E-state index in [1.807, 2.05) is 24.3 Å². The number of likely N-dealkylation sites (N-methyl/N-ethyl adjacent to an activating group) is 1. The Balaban J connectivity index is 2.01. The van der Waals surface area contributed by atoms with Crippen LogP contribution in [0.15, 0.2) is 24.3 Å². The highest BCUT2D eigenvalue weighted by Crippen LogP contribution is 2.18. The molecule has 1 amide bonds. The highest BCUT2D eigenvalue weighted by Gasteiger charge is 2.32. The van der Waals surface area contributed by atoms with Crippen LogP contribution in [0.5, 0.6) is 5.75 Å². The number of benzene rings is 1. The number of hydrogen-bond donors (Lipinski definition) is 0. The summed E-state index contributed by atoms with van der Waals surface area (Å²) in [5.74, 6) is 0.892. The van der Waals surface area contributed by atoms with E-state index in [-0.39, 0.29) is 29.9 Å². The zero-order valence-corrected chi connectivity index (χ0v) is 12.5. The third kappa shape index (κ3) is 3.50. The van der Waals surface area contributed by atoms with Crippen LogP contribution in [0.25, 0.3) is 0 Å². The van der Waals surface area contributed by atoms with Crippen molar-refractivity contribution < 1.29 is 17.9 Å². The van der Waals surface area contributed by atoms with Crippen molar-refractivity contribution in [3.05, 3.63) is 29.8 Å². The van der Waals surface area contributed by atoms with Gasteiger partial charge in [0.25, 0.3) is 0 Å². The zero-order valence-electron chi connectivity index (χ0n) is 11.7. The van der Waals surface area contributed by atoms with Gasteiger partial charge in [-0.3, -0.25) is 4.79 Å². The van der Waals surface area contributed by atoms with E-state index in [2.05, 4.69) is 0 Å². The molecule has 1 heterocycles. The molecule has 110 valence electrons. The van der Waals surface area contributed by atoms with Gasteiger partial charge in [0.05, 0.1) is 25.0 Å². The predicted molar refractivity (Wildman–Crippen MR) is 76.5 cm³/mol. The summed E-state index contributed by atoms with van der Waals surface area (Å²) in [6, 6.07) is 7.14. The van der Waals surface area contributed by atoms with Gasteiger partial charge in [0.15, 0.2) is 9.84 Å². The molecule has 1 atom stereocenters. The normalized spacial score (nSPS) is 20.6. The van der Waals surface area contributed by atoms with Gasteiger partial charge >= 0.3 is 0 Å². The van der Waals surface area contributed by atoms with E-state index in [0.29, 0.717) is 12.2 Å². The number of carbonyl (C=O) groups excluding carboxylic acids is 1. The van der Waals surface area contributed by atoms with E-state index in [0.717, 1.165) is 5.56 Å². The maximum atomic E-state index is 12.2. The quantitative estimate of drug-likeness (QED) is 0.828. The monoisotopic (exact) mass is 297 g/mol. The largest absolute Gasteiger partial charge is 0.497 e. The second kappa shape index (κ2) is 5.83. The van der Waals surface area contributed by atoms with Crippen LogP contribution in [0.2, 0.25) is 0 Å². The van der Waals surface area contributed by atoms with E-state index in [1.165, 1.54) is 0 Å². The fourth-order valence-corrected chi connectivity index (χ4v) is 4.14. The van der Waals surface area contributed by atoms with Crippen LogP contribution >= 0.6 is 0 Å². The van der Waals surface area contributed by atoms with Gasteiger partial charge in [-0.25, -0.2) is 8.42 Å². The van der Waals surface area contributed by atoms with Crippen molar-refractivity contribution in [1.29, 1.82) is 0 Å². The van der Waals surface area contributed by atoms with Gasteiger partial charge in [0, 0.05) is 13.1 Å². The first-order valence-corrected chi connectivity index (χ1v) is 8.32. The fraction of sp³-hybridized carbons (Fsp3) is 0.500. The number of carbonyl (C=O) groups is 1. The standard InChI is InChI=1S/C14H19NO4S/c1-15(12-6-7-20(17,18)10-12)14(16)9-11-4-3-5-13(8-11)19-2/h3-5,8,12H,6-7,9-10H2,1-2H3. The van der Waals surface area contributed by atoms with Gasteiger partial charge in [-0.05, 0) is 24.1 Å². The van der Waals surface area contributed by atoms with Crippen molar-refractivity contribution >= 4 is 15.7 Å². The molecule has 1 unspecified atom stereocenters. The van der Waals surface area contributed by atoms with Gasteiger partial charge in [-0.1, -0.05) is 12.1 Å². The van der Waals surface area contributed by atoms with Gasteiger partial charge in [0.1, 0.15) is 5.75 Å². The Morgan fingerprint density at radius 1 is 1.45 bits per heavy atom. The number of rotatable bonds is 4. The summed E-state index contributed by atoms with van der Waals surface area (Å²) in [4.78, 5) is 13.8. The van der Waals surface area contributed by atoms with Crippen molar-refractivity contribution in [2.45, 2.75) is 18.9 Å². The van der Waals surface area contributed by atoms with Gasteiger partial charge in [-0.15, -0.1) is 0 Å². The molecule has 1 aromatic carbocycles. The Morgan fingerprint density at radius 3 is 2.80 bits per heavy atom. The van der Waals surface area contributed by atoms with Crippen LogP contribution in [-0.2, 0) is 21.1 Å². The van der Waals surface area contributed by atoms with Crippen LogP contribution < -0.4 is 4.74 Å². The van der Waals surface area contributed by atoms with Crippen LogP contribution in [-0.4, -0.2) is 50.9 Å². The lowest BCUT2D eigenvalue weighted by atomic mass is 10.1. The van der Waals surface area contributed by atoms with E-state index < -0.39 is 9.84 Å². The lowest BCUT2D eigenvalue weighted by molar-refractivity contribution is -0.130. The molecule has 0 bridgehead atoms. The second-order valence-electron chi connectivity index (χ2n) is 5.09. The number of ether oxygens (including phenoxy) is 1. The third-order valence-electron chi connectivity index (χ3n) is 3.64. The van der Waals surface area contributed by atoms with E-state index >= 15 is 0 Å². The lowest BCUT2D eigenvalue weighted by Crippen LogP contribution is -2.38. The molecule has 0 N–H and O–H groups in total. The topological polar surface area (TPSA) is 63.7 Å². The summed E-state index contributed by atoms with van der Waals surface area (Å²) in [7, 11) is 0.283. The summed E-state index contributed by atoms with van der Waals surface area (Å²) in [6.45, 7) is 0. The van der Waals surface area contributed by atoms with Gasteiger partial charge in [-0.2, -0.15) is 0 Å². The van der Waals surface area contributed by atoms with Crippen LogP contribution in [0, 0.1) is 0 Å². The minimum atomic E-state index is -2.97. The first-order valence-electron chi connectivity index (χ1n) is 6.50. The smallest absolute Gasteiger partial charge is 0.227 e. The molecule has 0 saturated carbocycles. The summed E-state index contributed by atoms with van der Waals surface area (Å²) < 4.78 is 28.0. The summed E-state index contributed by atoms with van der Waals surface area (Å²) in [5, 5.41) is 0. The van der Waals surface area contributed by atoms with Crippen molar-refractivity contribution in [2.24, 2.45) is 0 Å². The van der Waals surface area contributed by atoms with E-state index in [1.54, 1.807) is 19.1 Å². The van der Waals surface area contributed by atoms with Crippen LogP contribution in [0.1, 0.15) is 12.0 Å². The van der Waals surface area contributed by atoms with Crippen molar-refractivity contribution in [3.8, 4) is 5.75 Å². The van der Waals surface area contributed by atoms with Gasteiger partial charge < -0.3 is 9.64 Å². The number of nitrogens with zero attached hydrogens (tertiary/aromatic N) is 1. The summed E-state index contributed by atoms with van der Waals surface area (Å²) >= 11 is 0. The fourth-order valence-electron chi connectivity index (χ4n) is 2.37. The summed E-state index contributed by atoms with van der Waals surface area (Å²) in [6.07, 6.45) is 0.785. The Hall–Kier alpha value is -1.56. The highest BCUT2D eigenvalue weighted by atomic mass is 32.2. The molecule has 2 rings (SSSR count). The maximum absolute atomic E-state index is 12.2. The zero-order chi connectivity index (χ0) is 14.8. The van der Waals surface area contributed by atoms with Crippen LogP contribution in [0.4, 0.5) is 0 Å². The highest BCUT2D eigenvalue weighted by molar-refractivity contribution is 7.91. The van der Waals surface area contributed by atoms with Crippen molar-refractivity contribution in [2.75, 3.05) is 25.7 Å². The SMILES string of the molecule is COc1cccc(CC(=O)N(C)C2CCS(=O)(=O)C2)c1. The number of sulfone groups is 1. The number of methoxy groups -OCH3 is 1. The minimum Gasteiger partial charge on any atom is -0.497 e. The predicted octanol–water partition coefficient (Wildman–Crippen LogP) is 0.883. The maximum Gasteiger partial charge on any atom is 0.227 e. The molecule has 0 radical (unpaired) electrons. The molecular weight excluding hydrogens is 278 g/mol. The number of hydrogen-bond acceptors (Lipinski definition) is 4. The van der Waals surface area contributed by atoms with Crippen LogP contribution in [0.3, 0.4) is 0 Å². The van der Waals surface area contributed by atoms with Crippen molar-refractivity contribution in [1.82, 2.24) is 4.90 Å². The molecule has 20 heavy (non-hydrogen) atoms. The molecule has 1 aliphatic heterocycles. The Morgan fingerprint density at radius 2 is 2.20 bits per heavy atom. The van der Waals surface area contributed by atoms with E-state index in [4.69, 9.17) is 4.74 Å². The average molecular weight is 297 g/mol. The molecule has 6 heteroatoms. The van der Waals surface area contributed by atoms with Crippen molar-refractivity contribution in [3.63, 3.8) is 0 Å². The third-order valence-corrected chi connectivity index (χ3v) is 5.39. The molecule has 1 aliphatic rings. The molecule has 1 fully saturated rings. The molecule has 0 aromatic heterocycles. The van der Waals surface area contributed by atoms with E-state index in [9.17, 15) is 13.2 Å². The Kier molecular flexibility index (Phi) is 4.32. The lowest BCUT2D eigenvalue weighted by Gasteiger charge is -2.23. The molecule has 0 spiro atoms. The molecule has 0 aliphatic carbocycles. The molecular formula is C14H19NO4S. The second-order valence-corrected chi connectivity index (χ2v) is 7.32. The minimum absolute atomic E-state index is 0.0691. The molecule has 1 aromatic rings. The molecule has 5 nitrogen and oxygen atoms in total. The first-order chi connectivity index (χ1) is 9.41. The Labute approximate surface area is 119 Å². The first kappa shape index (κ1) is 14.8. The molecule has 1 saturated heterocycles. The average Bonchev–Trinajstić information content (AvgIpc) is 2.78. The Bertz CT molecular complexity index is 597. The number of amides is 1. The van der Waals surface area contributed by atoms with Gasteiger partial charge in [0.2, 0.25) is 5.91 Å². The summed E-state index contributed by atoms with van der Waals surface area (Å²) in [5.41, 5.74) is 0.863.